The molecule has 0 atom stereocenters. The summed E-state index contributed by atoms with van der Waals surface area (Å²) in [5.74, 6) is -0.262. The number of hydrogen-bond donors (Lipinski definition) is 1. The third-order valence-corrected chi connectivity index (χ3v) is 2.97. The smallest absolute Gasteiger partial charge is 0.271 e. The summed E-state index contributed by atoms with van der Waals surface area (Å²) in [5.41, 5.74) is 5.19. The molecular weight excluding hydrogens is 276 g/mol. The molecule has 1 N–H and O–H groups in total. The van der Waals surface area contributed by atoms with Crippen molar-refractivity contribution in [1.29, 1.82) is 0 Å². The molecule has 1 aromatic carbocycles. The average Bonchev–Trinajstić information content (AvgIpc) is 2.55. The maximum Gasteiger partial charge on any atom is 0.271 e. The van der Waals surface area contributed by atoms with Gasteiger partial charge in [-0.05, 0) is 35.9 Å². The first-order valence-corrected chi connectivity index (χ1v) is 6.84. The molecule has 2 rings (SSSR count). The van der Waals surface area contributed by atoms with Crippen molar-refractivity contribution in [3.05, 3.63) is 66.0 Å². The van der Waals surface area contributed by atoms with E-state index in [1.807, 2.05) is 49.3 Å². The summed E-state index contributed by atoms with van der Waals surface area (Å²) in [6.07, 6.45) is 8.36. The van der Waals surface area contributed by atoms with Gasteiger partial charge in [0.05, 0.1) is 0 Å². The highest BCUT2D eigenvalue weighted by atomic mass is 16.2. The Balaban J connectivity index is 1.85. The van der Waals surface area contributed by atoms with Gasteiger partial charge in [-0.15, -0.1) is 0 Å². The lowest BCUT2D eigenvalue weighted by molar-refractivity contribution is 0.0955. The maximum atomic E-state index is 11.7. The standard InChI is InChI=1S/C17H18N4O/c1-21(2)16-7-5-14(6-8-16)4-3-11-19-20-17(22)15-9-12-18-13-10-15/h3-13H,1-2H3,(H,20,22)/b4-3+,19-11-. The van der Waals surface area contributed by atoms with Crippen LogP contribution in [-0.2, 0) is 0 Å². The van der Waals surface area contributed by atoms with Crippen LogP contribution < -0.4 is 10.3 Å². The molecule has 5 nitrogen and oxygen atoms in total. The molecule has 0 aliphatic carbocycles. The van der Waals surface area contributed by atoms with Crippen LogP contribution >= 0.6 is 0 Å². The van der Waals surface area contributed by atoms with E-state index in [1.165, 1.54) is 0 Å². The van der Waals surface area contributed by atoms with Gasteiger partial charge in [-0.25, -0.2) is 5.43 Å². The van der Waals surface area contributed by atoms with Crippen molar-refractivity contribution in [2.75, 3.05) is 19.0 Å². The summed E-state index contributed by atoms with van der Waals surface area (Å²) in [7, 11) is 4.01. The first-order chi connectivity index (χ1) is 10.7. The summed E-state index contributed by atoms with van der Waals surface area (Å²) in [6, 6.07) is 11.4. The van der Waals surface area contributed by atoms with Gasteiger partial charge in [0.25, 0.3) is 5.91 Å². The second-order valence-corrected chi connectivity index (χ2v) is 4.80. The number of hydrogen-bond acceptors (Lipinski definition) is 4. The number of hydrazone groups is 1. The van der Waals surface area contributed by atoms with Crippen molar-refractivity contribution in [2.24, 2.45) is 5.10 Å². The summed E-state index contributed by atoms with van der Waals surface area (Å²) in [6.45, 7) is 0. The van der Waals surface area contributed by atoms with E-state index in [0.29, 0.717) is 5.56 Å². The van der Waals surface area contributed by atoms with E-state index in [0.717, 1.165) is 11.3 Å². The second-order valence-electron chi connectivity index (χ2n) is 4.80. The lowest BCUT2D eigenvalue weighted by Crippen LogP contribution is -2.17. The molecule has 1 aromatic heterocycles. The van der Waals surface area contributed by atoms with E-state index in [1.54, 1.807) is 36.8 Å². The van der Waals surface area contributed by atoms with E-state index in [9.17, 15) is 4.79 Å². The first-order valence-electron chi connectivity index (χ1n) is 6.84. The molecule has 2 aromatic rings. The number of aromatic nitrogens is 1. The molecule has 0 aliphatic heterocycles. The zero-order chi connectivity index (χ0) is 15.8. The number of nitrogens with zero attached hydrogens (tertiary/aromatic N) is 3. The molecule has 0 saturated carbocycles. The third kappa shape index (κ3) is 4.56. The van der Waals surface area contributed by atoms with E-state index >= 15 is 0 Å². The van der Waals surface area contributed by atoms with Gasteiger partial charge in [0.1, 0.15) is 0 Å². The molecule has 0 radical (unpaired) electrons. The monoisotopic (exact) mass is 294 g/mol. The van der Waals surface area contributed by atoms with Crippen molar-refractivity contribution in [1.82, 2.24) is 10.4 Å². The molecule has 112 valence electrons. The number of anilines is 1. The number of benzene rings is 1. The summed E-state index contributed by atoms with van der Waals surface area (Å²) in [5, 5.41) is 3.87. The van der Waals surface area contributed by atoms with E-state index in [-0.39, 0.29) is 5.91 Å². The summed E-state index contributed by atoms with van der Waals surface area (Å²) in [4.78, 5) is 17.6. The van der Waals surface area contributed by atoms with Crippen LogP contribution in [0.5, 0.6) is 0 Å². The topological polar surface area (TPSA) is 57.6 Å². The van der Waals surface area contributed by atoms with Crippen LogP contribution in [0.25, 0.3) is 6.08 Å². The third-order valence-electron chi connectivity index (χ3n) is 2.97. The summed E-state index contributed by atoms with van der Waals surface area (Å²) >= 11 is 0. The van der Waals surface area contributed by atoms with Gasteiger partial charge in [0, 0.05) is 44.0 Å². The fourth-order valence-corrected chi connectivity index (χ4v) is 1.74. The predicted molar refractivity (Wildman–Crippen MR) is 90.0 cm³/mol. The molecule has 0 saturated heterocycles. The molecule has 0 fully saturated rings. The number of carbonyl (C=O) groups is 1. The second kappa shape index (κ2) is 7.73. The Labute approximate surface area is 130 Å². The Bertz CT molecular complexity index is 661. The highest BCUT2D eigenvalue weighted by Gasteiger charge is 2.01. The van der Waals surface area contributed by atoms with Gasteiger partial charge in [-0.3, -0.25) is 9.78 Å². The highest BCUT2D eigenvalue weighted by Crippen LogP contribution is 2.12. The number of rotatable bonds is 5. The molecule has 0 bridgehead atoms. The number of allylic oxidation sites excluding steroid dienone is 1. The molecule has 1 amide bonds. The lowest BCUT2D eigenvalue weighted by atomic mass is 10.2. The Hall–Kier alpha value is -2.95. The normalized spacial score (nSPS) is 11.0. The van der Waals surface area contributed by atoms with Crippen LogP contribution in [0.15, 0.2) is 60.0 Å². The Morgan fingerprint density at radius 2 is 1.82 bits per heavy atom. The van der Waals surface area contributed by atoms with Crippen LogP contribution in [0.3, 0.4) is 0 Å². The molecule has 22 heavy (non-hydrogen) atoms. The van der Waals surface area contributed by atoms with Crippen LogP contribution in [0.1, 0.15) is 15.9 Å². The van der Waals surface area contributed by atoms with Crippen molar-refractivity contribution in [2.45, 2.75) is 0 Å². The largest absolute Gasteiger partial charge is 0.378 e. The zero-order valence-corrected chi connectivity index (χ0v) is 12.6. The fraction of sp³-hybridized carbons (Fsp3) is 0.118. The minimum Gasteiger partial charge on any atom is -0.378 e. The van der Waals surface area contributed by atoms with Gasteiger partial charge in [-0.1, -0.05) is 18.2 Å². The number of nitrogens with one attached hydrogen (secondary N) is 1. The minimum absolute atomic E-state index is 0.262. The van der Waals surface area contributed by atoms with Gasteiger partial charge in [0.15, 0.2) is 0 Å². The van der Waals surface area contributed by atoms with Gasteiger partial charge < -0.3 is 4.90 Å². The molecular formula is C17H18N4O. The first kappa shape index (κ1) is 15.4. The van der Waals surface area contributed by atoms with Crippen molar-refractivity contribution >= 4 is 23.9 Å². The average molecular weight is 294 g/mol. The van der Waals surface area contributed by atoms with Crippen LogP contribution in [-0.4, -0.2) is 31.2 Å². The molecule has 5 heteroatoms. The highest BCUT2D eigenvalue weighted by molar-refractivity contribution is 5.94. The van der Waals surface area contributed by atoms with Crippen molar-refractivity contribution in [3.63, 3.8) is 0 Å². The quantitative estimate of drug-likeness (QED) is 0.681. The van der Waals surface area contributed by atoms with Crippen LogP contribution in [0, 0.1) is 0 Å². The number of pyridine rings is 1. The van der Waals surface area contributed by atoms with Gasteiger partial charge >= 0.3 is 0 Å². The van der Waals surface area contributed by atoms with Crippen molar-refractivity contribution in [3.8, 4) is 0 Å². The van der Waals surface area contributed by atoms with Crippen LogP contribution in [0.4, 0.5) is 5.69 Å². The fourth-order valence-electron chi connectivity index (χ4n) is 1.74. The van der Waals surface area contributed by atoms with Gasteiger partial charge in [0.2, 0.25) is 0 Å². The zero-order valence-electron chi connectivity index (χ0n) is 12.6. The SMILES string of the molecule is CN(C)c1ccc(/C=C/C=N\NC(=O)c2ccncc2)cc1. The lowest BCUT2D eigenvalue weighted by Gasteiger charge is -2.11. The Morgan fingerprint density at radius 1 is 1.14 bits per heavy atom. The molecule has 0 aliphatic rings. The van der Waals surface area contributed by atoms with Crippen molar-refractivity contribution < 1.29 is 4.79 Å². The molecule has 0 unspecified atom stereocenters. The van der Waals surface area contributed by atoms with Crippen LogP contribution in [0.2, 0.25) is 0 Å². The minimum atomic E-state index is -0.262. The number of amides is 1. The summed E-state index contributed by atoms with van der Waals surface area (Å²) < 4.78 is 0. The van der Waals surface area contributed by atoms with Gasteiger partial charge in [-0.2, -0.15) is 5.10 Å². The Kier molecular flexibility index (Phi) is 5.43. The van der Waals surface area contributed by atoms with E-state index < -0.39 is 0 Å². The predicted octanol–water partition coefficient (Wildman–Crippen LogP) is 2.58. The number of carbonyl (C=O) groups excluding carboxylic acids is 1. The van der Waals surface area contributed by atoms with E-state index in [4.69, 9.17) is 0 Å². The molecule has 1 heterocycles. The molecule has 0 spiro atoms. The van der Waals surface area contributed by atoms with E-state index in [2.05, 4.69) is 15.5 Å². The Morgan fingerprint density at radius 3 is 2.45 bits per heavy atom. The maximum absolute atomic E-state index is 11.7.